The van der Waals surface area contributed by atoms with Gasteiger partial charge in [0.15, 0.2) is 5.96 Å². The molecule has 0 radical (unpaired) electrons. The van der Waals surface area contributed by atoms with E-state index in [0.717, 1.165) is 13.1 Å². The Labute approximate surface area is 165 Å². The van der Waals surface area contributed by atoms with E-state index in [1.807, 2.05) is 6.92 Å². The molecule has 0 saturated heterocycles. The molecule has 5 nitrogen and oxygen atoms in total. The number of hydrogen-bond acceptors (Lipinski definition) is 3. The van der Waals surface area contributed by atoms with Crippen molar-refractivity contribution in [1.82, 2.24) is 10.6 Å². The molecule has 2 N–H and O–H groups in total. The summed E-state index contributed by atoms with van der Waals surface area (Å²) in [6, 6.07) is 14.7. The Hall–Kier alpha value is -3.02. The zero-order valence-electron chi connectivity index (χ0n) is 16.4. The molecule has 1 aliphatic rings. The molecule has 0 spiro atoms. The van der Waals surface area contributed by atoms with Crippen LogP contribution in [0.4, 0.5) is 10.1 Å². The SMILES string of the molecule is CN=C(NCc1ccc(N2CC=CC2)cc1)NCC(C)Oc1cccc(F)c1. The van der Waals surface area contributed by atoms with E-state index in [1.165, 1.54) is 23.4 Å². The van der Waals surface area contributed by atoms with Gasteiger partial charge in [-0.15, -0.1) is 0 Å². The normalized spacial score (nSPS) is 14.8. The van der Waals surface area contributed by atoms with Crippen molar-refractivity contribution in [3.8, 4) is 5.75 Å². The van der Waals surface area contributed by atoms with Crippen LogP contribution in [0, 0.1) is 5.82 Å². The van der Waals surface area contributed by atoms with Crippen LogP contribution in [0.1, 0.15) is 12.5 Å². The summed E-state index contributed by atoms with van der Waals surface area (Å²) in [6.45, 7) is 5.11. The Balaban J connectivity index is 1.42. The molecule has 0 bridgehead atoms. The molecule has 148 valence electrons. The Morgan fingerprint density at radius 3 is 2.57 bits per heavy atom. The quantitative estimate of drug-likeness (QED) is 0.438. The second kappa shape index (κ2) is 9.78. The molecule has 0 saturated carbocycles. The summed E-state index contributed by atoms with van der Waals surface area (Å²) in [4.78, 5) is 6.56. The number of nitrogens with one attached hydrogen (secondary N) is 2. The van der Waals surface area contributed by atoms with Crippen molar-refractivity contribution in [3.63, 3.8) is 0 Å². The van der Waals surface area contributed by atoms with Crippen LogP contribution >= 0.6 is 0 Å². The molecule has 28 heavy (non-hydrogen) atoms. The van der Waals surface area contributed by atoms with E-state index in [1.54, 1.807) is 19.2 Å². The maximum Gasteiger partial charge on any atom is 0.191 e. The van der Waals surface area contributed by atoms with Crippen molar-refractivity contribution in [2.45, 2.75) is 19.6 Å². The fourth-order valence-electron chi connectivity index (χ4n) is 2.97. The van der Waals surface area contributed by atoms with Crippen molar-refractivity contribution in [1.29, 1.82) is 0 Å². The van der Waals surface area contributed by atoms with Crippen LogP contribution in [0.5, 0.6) is 5.75 Å². The Morgan fingerprint density at radius 2 is 1.89 bits per heavy atom. The first-order valence-corrected chi connectivity index (χ1v) is 9.49. The summed E-state index contributed by atoms with van der Waals surface area (Å²) < 4.78 is 18.9. The van der Waals surface area contributed by atoms with Gasteiger partial charge in [-0.3, -0.25) is 4.99 Å². The third-order valence-corrected chi connectivity index (χ3v) is 4.49. The molecular weight excluding hydrogens is 355 g/mol. The highest BCUT2D eigenvalue weighted by atomic mass is 19.1. The number of aliphatic imine (C=N–C) groups is 1. The third-order valence-electron chi connectivity index (χ3n) is 4.49. The van der Waals surface area contributed by atoms with Gasteiger partial charge in [0.05, 0.1) is 6.54 Å². The van der Waals surface area contributed by atoms with Crippen molar-refractivity contribution in [3.05, 3.63) is 72.1 Å². The Kier molecular flexibility index (Phi) is 6.89. The van der Waals surface area contributed by atoms with Gasteiger partial charge in [-0.1, -0.05) is 30.4 Å². The topological polar surface area (TPSA) is 48.9 Å². The van der Waals surface area contributed by atoms with Crippen LogP contribution in [0.3, 0.4) is 0 Å². The van der Waals surface area contributed by atoms with E-state index in [9.17, 15) is 4.39 Å². The van der Waals surface area contributed by atoms with Gasteiger partial charge in [0.25, 0.3) is 0 Å². The van der Waals surface area contributed by atoms with E-state index >= 15 is 0 Å². The highest BCUT2D eigenvalue weighted by Crippen LogP contribution is 2.17. The van der Waals surface area contributed by atoms with Crippen molar-refractivity contribution in [2.75, 3.05) is 31.6 Å². The van der Waals surface area contributed by atoms with Crippen LogP contribution in [-0.2, 0) is 6.54 Å². The van der Waals surface area contributed by atoms with Gasteiger partial charge in [-0.25, -0.2) is 4.39 Å². The number of halogens is 1. The lowest BCUT2D eigenvalue weighted by Crippen LogP contribution is -2.41. The zero-order chi connectivity index (χ0) is 19.8. The average molecular weight is 382 g/mol. The van der Waals surface area contributed by atoms with E-state index < -0.39 is 0 Å². The number of benzene rings is 2. The fourth-order valence-corrected chi connectivity index (χ4v) is 2.97. The molecule has 2 aromatic rings. The van der Waals surface area contributed by atoms with E-state index in [0.29, 0.717) is 24.8 Å². The molecular formula is C22H27FN4O. The number of ether oxygens (including phenoxy) is 1. The van der Waals surface area contributed by atoms with E-state index in [-0.39, 0.29) is 11.9 Å². The van der Waals surface area contributed by atoms with E-state index in [2.05, 4.69) is 56.9 Å². The number of nitrogens with zero attached hydrogens (tertiary/aromatic N) is 2. The zero-order valence-corrected chi connectivity index (χ0v) is 16.4. The lowest BCUT2D eigenvalue weighted by Gasteiger charge is -2.19. The van der Waals surface area contributed by atoms with Crippen LogP contribution in [-0.4, -0.2) is 38.7 Å². The standard InChI is InChI=1S/C22H27FN4O/c1-17(28-21-7-5-6-19(23)14-21)15-25-22(24-2)26-16-18-8-10-20(11-9-18)27-12-3-4-13-27/h3-11,14,17H,12-13,15-16H2,1-2H3,(H2,24,25,26). The molecule has 0 aromatic heterocycles. The highest BCUT2D eigenvalue weighted by molar-refractivity contribution is 5.79. The Bertz CT molecular complexity index is 812. The van der Waals surface area contributed by atoms with Gasteiger partial charge in [0.1, 0.15) is 17.7 Å². The predicted molar refractivity (Wildman–Crippen MR) is 112 cm³/mol. The van der Waals surface area contributed by atoms with Crippen molar-refractivity contribution >= 4 is 11.6 Å². The minimum Gasteiger partial charge on any atom is -0.489 e. The number of anilines is 1. The highest BCUT2D eigenvalue weighted by Gasteiger charge is 2.08. The minimum absolute atomic E-state index is 0.131. The maximum atomic E-state index is 13.2. The number of hydrogen-bond donors (Lipinski definition) is 2. The average Bonchev–Trinajstić information content (AvgIpc) is 3.23. The van der Waals surface area contributed by atoms with Gasteiger partial charge in [0.2, 0.25) is 0 Å². The number of guanidine groups is 1. The summed E-state index contributed by atoms with van der Waals surface area (Å²) in [7, 11) is 1.73. The molecule has 1 aliphatic heterocycles. The van der Waals surface area contributed by atoms with Gasteiger partial charge in [0, 0.05) is 38.4 Å². The predicted octanol–water partition coefficient (Wildman–Crippen LogP) is 3.33. The smallest absolute Gasteiger partial charge is 0.191 e. The largest absolute Gasteiger partial charge is 0.489 e. The van der Waals surface area contributed by atoms with Crippen LogP contribution in [0.15, 0.2) is 65.7 Å². The van der Waals surface area contributed by atoms with Crippen molar-refractivity contribution < 1.29 is 9.13 Å². The first-order valence-electron chi connectivity index (χ1n) is 9.49. The molecule has 0 aliphatic carbocycles. The second-order valence-corrected chi connectivity index (χ2v) is 6.74. The molecule has 2 aromatic carbocycles. The molecule has 1 atom stereocenters. The number of rotatable bonds is 7. The lowest BCUT2D eigenvalue weighted by molar-refractivity contribution is 0.223. The maximum absolute atomic E-state index is 13.2. The second-order valence-electron chi connectivity index (χ2n) is 6.74. The Morgan fingerprint density at radius 1 is 1.14 bits per heavy atom. The van der Waals surface area contributed by atoms with Crippen molar-refractivity contribution in [2.24, 2.45) is 4.99 Å². The summed E-state index contributed by atoms with van der Waals surface area (Å²) in [5, 5.41) is 6.53. The van der Waals surface area contributed by atoms with Gasteiger partial charge >= 0.3 is 0 Å². The summed E-state index contributed by atoms with van der Waals surface area (Å²) >= 11 is 0. The van der Waals surface area contributed by atoms with Gasteiger partial charge < -0.3 is 20.3 Å². The molecule has 0 fully saturated rings. The first-order chi connectivity index (χ1) is 13.6. The first kappa shape index (κ1) is 19.7. The third kappa shape index (κ3) is 5.74. The van der Waals surface area contributed by atoms with Gasteiger partial charge in [-0.2, -0.15) is 0 Å². The fraction of sp³-hybridized carbons (Fsp3) is 0.318. The molecule has 6 heteroatoms. The van der Waals surface area contributed by atoms with Gasteiger partial charge in [-0.05, 0) is 36.8 Å². The van der Waals surface area contributed by atoms with Crippen LogP contribution < -0.4 is 20.3 Å². The summed E-state index contributed by atoms with van der Waals surface area (Å²) in [5.74, 6) is 0.912. The molecule has 1 unspecified atom stereocenters. The van der Waals surface area contributed by atoms with Crippen LogP contribution in [0.2, 0.25) is 0 Å². The minimum atomic E-state index is -0.304. The molecule has 1 heterocycles. The lowest BCUT2D eigenvalue weighted by atomic mass is 10.2. The molecule has 0 amide bonds. The van der Waals surface area contributed by atoms with E-state index in [4.69, 9.17) is 4.74 Å². The summed E-state index contributed by atoms with van der Waals surface area (Å²) in [5.41, 5.74) is 2.42. The monoisotopic (exact) mass is 382 g/mol. The summed E-state index contributed by atoms with van der Waals surface area (Å²) in [6.07, 6.45) is 4.24. The van der Waals surface area contributed by atoms with Crippen LogP contribution in [0.25, 0.3) is 0 Å². The molecule has 3 rings (SSSR count).